The zero-order valence-electron chi connectivity index (χ0n) is 20.5. The Balaban J connectivity index is 1.26. The number of fused-ring (bicyclic) bond motifs is 1. The summed E-state index contributed by atoms with van der Waals surface area (Å²) in [5.74, 6) is -0.443. The van der Waals surface area contributed by atoms with Gasteiger partial charge in [0.05, 0.1) is 18.0 Å². The van der Waals surface area contributed by atoms with Crippen molar-refractivity contribution in [2.45, 2.75) is 71.2 Å². The van der Waals surface area contributed by atoms with E-state index in [1.54, 1.807) is 14.0 Å². The van der Waals surface area contributed by atoms with Gasteiger partial charge in [0, 0.05) is 38.6 Å². The third-order valence-corrected chi connectivity index (χ3v) is 10.4. The quantitative estimate of drug-likeness (QED) is 0.565. The number of nitrogens with zero attached hydrogens (tertiary/aromatic N) is 3. The second-order valence-corrected chi connectivity index (χ2v) is 12.8. The summed E-state index contributed by atoms with van der Waals surface area (Å²) < 4.78 is 29.9. The predicted molar refractivity (Wildman–Crippen MR) is 128 cm³/mol. The molecule has 4 aliphatic rings. The Morgan fingerprint density at radius 2 is 1.68 bits per heavy atom. The highest BCUT2D eigenvalue weighted by molar-refractivity contribution is 7.86. The van der Waals surface area contributed by atoms with Gasteiger partial charge < -0.3 is 5.32 Å². The van der Waals surface area contributed by atoms with Gasteiger partial charge in [-0.25, -0.2) is 0 Å². The topological polar surface area (TPSA) is 90.0 Å². The molecule has 1 unspecified atom stereocenters. The van der Waals surface area contributed by atoms with Crippen molar-refractivity contribution in [3.8, 4) is 0 Å². The number of hydrogen-bond donors (Lipinski definition) is 1. The molecular formula is C25H36N4O4S. The summed E-state index contributed by atoms with van der Waals surface area (Å²) in [5.41, 5.74) is 2.10. The van der Waals surface area contributed by atoms with Crippen LogP contribution in [0.25, 0.3) is 0 Å². The molecule has 2 saturated carbocycles. The van der Waals surface area contributed by atoms with E-state index in [9.17, 15) is 18.0 Å². The summed E-state index contributed by atoms with van der Waals surface area (Å²) in [5, 5.41) is 3.48. The second-order valence-electron chi connectivity index (χ2n) is 10.8. The number of imide groups is 1. The molecule has 5 rings (SSSR count). The van der Waals surface area contributed by atoms with Gasteiger partial charge >= 0.3 is 0 Å². The van der Waals surface area contributed by atoms with Crippen molar-refractivity contribution in [3.05, 3.63) is 35.4 Å². The van der Waals surface area contributed by atoms with Crippen molar-refractivity contribution >= 4 is 22.0 Å². The summed E-state index contributed by atoms with van der Waals surface area (Å²) in [6, 6.07) is 7.81. The van der Waals surface area contributed by atoms with Crippen molar-refractivity contribution in [3.63, 3.8) is 0 Å². The molecule has 2 heterocycles. The highest BCUT2D eigenvalue weighted by Gasteiger charge is 2.60. The van der Waals surface area contributed by atoms with Gasteiger partial charge in [0.15, 0.2) is 0 Å². The summed E-state index contributed by atoms with van der Waals surface area (Å²) >= 11 is 0. The zero-order valence-corrected chi connectivity index (χ0v) is 21.3. The number of carbonyl (C=O) groups excluding carboxylic acids is 2. The van der Waals surface area contributed by atoms with Crippen LogP contribution in [-0.4, -0.2) is 65.5 Å². The summed E-state index contributed by atoms with van der Waals surface area (Å²) in [6.45, 7) is 7.24. The van der Waals surface area contributed by atoms with Gasteiger partial charge in [-0.05, 0) is 42.2 Å². The largest absolute Gasteiger partial charge is 0.310 e. The lowest BCUT2D eigenvalue weighted by atomic mass is 10.0. The number of hydrogen-bond acceptors (Lipinski definition) is 5. The molecule has 0 radical (unpaired) electrons. The number of likely N-dealkylation sites (tertiary alicyclic amines) is 1. The number of carbonyl (C=O) groups is 2. The number of rotatable bonds is 8. The first-order chi connectivity index (χ1) is 16.1. The normalized spacial score (nSPS) is 33.6. The standard InChI is InChI=1S/C25H36N4O4S/c1-15-16(2)22(15)25(31)29-21-11-12-28(23(21)17(3)24(29)30)34(32,33)27(4)14-19-7-5-18(6-8-19)13-26-20-9-10-20/h5-8,15-17,20-23,26H,9-14H2,1-4H3/t15-,16+,17-,21-,22?,23+/m0/s1. The van der Waals surface area contributed by atoms with Gasteiger partial charge in [0.25, 0.3) is 10.2 Å². The minimum Gasteiger partial charge on any atom is -0.310 e. The minimum absolute atomic E-state index is 0.117. The van der Waals surface area contributed by atoms with E-state index in [2.05, 4.69) is 5.32 Å². The number of nitrogens with one attached hydrogen (secondary N) is 1. The molecule has 0 spiro atoms. The molecule has 2 saturated heterocycles. The van der Waals surface area contributed by atoms with Crippen LogP contribution in [0.2, 0.25) is 0 Å². The van der Waals surface area contributed by atoms with Crippen LogP contribution in [0.5, 0.6) is 0 Å². The molecule has 6 atom stereocenters. The predicted octanol–water partition coefficient (Wildman–Crippen LogP) is 1.97. The lowest BCUT2D eigenvalue weighted by Crippen LogP contribution is -2.48. The first-order valence-electron chi connectivity index (χ1n) is 12.5. The molecule has 34 heavy (non-hydrogen) atoms. The van der Waals surface area contributed by atoms with Crippen LogP contribution in [0.1, 0.15) is 51.2 Å². The van der Waals surface area contributed by atoms with Crippen LogP contribution in [0.4, 0.5) is 0 Å². The van der Waals surface area contributed by atoms with Crippen LogP contribution in [0, 0.1) is 23.7 Å². The molecule has 4 fully saturated rings. The van der Waals surface area contributed by atoms with Crippen LogP contribution in [0.3, 0.4) is 0 Å². The average Bonchev–Trinajstić information content (AvgIpc) is 3.66. The van der Waals surface area contributed by atoms with E-state index in [4.69, 9.17) is 0 Å². The Morgan fingerprint density at radius 3 is 2.26 bits per heavy atom. The molecule has 9 heteroatoms. The van der Waals surface area contributed by atoms with E-state index in [-0.39, 0.29) is 42.2 Å². The van der Waals surface area contributed by atoms with E-state index in [1.165, 1.54) is 31.9 Å². The monoisotopic (exact) mass is 488 g/mol. The van der Waals surface area contributed by atoms with Crippen LogP contribution in [0.15, 0.2) is 24.3 Å². The molecule has 8 nitrogen and oxygen atoms in total. The number of amides is 2. The minimum atomic E-state index is -3.78. The van der Waals surface area contributed by atoms with Gasteiger partial charge in [0.1, 0.15) is 0 Å². The van der Waals surface area contributed by atoms with Gasteiger partial charge in [-0.2, -0.15) is 17.0 Å². The molecule has 186 valence electrons. The third-order valence-electron chi connectivity index (χ3n) is 8.48. The molecule has 1 aromatic carbocycles. The maximum Gasteiger partial charge on any atom is 0.282 e. The fourth-order valence-corrected chi connectivity index (χ4v) is 7.45. The van der Waals surface area contributed by atoms with Crippen molar-refractivity contribution in [2.75, 3.05) is 13.6 Å². The molecule has 2 amide bonds. The molecule has 1 N–H and O–H groups in total. The Bertz CT molecular complexity index is 1060. The van der Waals surface area contributed by atoms with Gasteiger partial charge in [-0.3, -0.25) is 14.5 Å². The number of benzene rings is 1. The Labute approximate surface area is 202 Å². The Kier molecular flexibility index (Phi) is 6.11. The van der Waals surface area contributed by atoms with E-state index < -0.39 is 22.2 Å². The molecule has 0 bridgehead atoms. The van der Waals surface area contributed by atoms with Crippen LogP contribution >= 0.6 is 0 Å². The molecule has 1 aromatic rings. The van der Waals surface area contributed by atoms with E-state index in [0.717, 1.165) is 12.1 Å². The maximum absolute atomic E-state index is 13.5. The zero-order chi connectivity index (χ0) is 24.4. The summed E-state index contributed by atoms with van der Waals surface area (Å²) in [7, 11) is -2.20. The van der Waals surface area contributed by atoms with Gasteiger partial charge in [-0.1, -0.05) is 45.0 Å². The molecule has 2 aliphatic carbocycles. The van der Waals surface area contributed by atoms with Crippen LogP contribution < -0.4 is 5.32 Å². The van der Waals surface area contributed by atoms with Crippen molar-refractivity contribution in [1.29, 1.82) is 0 Å². The smallest absolute Gasteiger partial charge is 0.282 e. The Hall–Kier alpha value is -1.81. The Morgan fingerprint density at radius 1 is 1.06 bits per heavy atom. The SMILES string of the molecule is C[C@@H]1C(=O)N(C(=O)C2[C@@H](C)[C@H]2C)[C@H]2CCN(S(=O)(=O)N(C)Cc3ccc(CNC4CC4)cc3)[C@H]12. The highest BCUT2D eigenvalue weighted by Crippen LogP contribution is 2.49. The molecule has 2 aliphatic heterocycles. The molecular weight excluding hydrogens is 452 g/mol. The fourth-order valence-electron chi connectivity index (χ4n) is 5.81. The van der Waals surface area contributed by atoms with Gasteiger partial charge in [-0.15, -0.1) is 0 Å². The lowest BCUT2D eigenvalue weighted by molar-refractivity contribution is -0.146. The summed E-state index contributed by atoms with van der Waals surface area (Å²) in [4.78, 5) is 27.5. The van der Waals surface area contributed by atoms with Gasteiger partial charge in [0.2, 0.25) is 11.8 Å². The second kappa shape index (κ2) is 8.69. The third kappa shape index (κ3) is 4.10. The first kappa shape index (κ1) is 23.9. The van der Waals surface area contributed by atoms with Crippen molar-refractivity contribution < 1.29 is 18.0 Å². The summed E-state index contributed by atoms with van der Waals surface area (Å²) in [6.07, 6.45) is 2.99. The maximum atomic E-state index is 13.5. The fraction of sp³-hybridized carbons (Fsp3) is 0.680. The van der Waals surface area contributed by atoms with Crippen molar-refractivity contribution in [1.82, 2.24) is 18.8 Å². The average molecular weight is 489 g/mol. The molecule has 0 aromatic heterocycles. The van der Waals surface area contributed by atoms with E-state index in [1.807, 2.05) is 38.1 Å². The van der Waals surface area contributed by atoms with Crippen LogP contribution in [-0.2, 0) is 32.9 Å². The van der Waals surface area contributed by atoms with E-state index in [0.29, 0.717) is 19.0 Å². The lowest BCUT2D eigenvalue weighted by Gasteiger charge is -2.29. The first-order valence-corrected chi connectivity index (χ1v) is 13.9. The van der Waals surface area contributed by atoms with E-state index >= 15 is 0 Å². The van der Waals surface area contributed by atoms with Crippen molar-refractivity contribution in [2.24, 2.45) is 23.7 Å². The highest BCUT2D eigenvalue weighted by atomic mass is 32.2.